The average molecular weight is 742 g/mol. The molecule has 5 nitrogen and oxygen atoms in total. The number of ether oxygens (including phenoxy) is 2. The molecule has 0 amide bonds. The first-order chi connectivity index (χ1) is 27.9. The smallest absolute Gasteiger partial charge is 0.177 e. The highest BCUT2D eigenvalue weighted by molar-refractivity contribution is 6.17. The topological polar surface area (TPSA) is 55.2 Å². The van der Waals surface area contributed by atoms with Crippen LogP contribution >= 0.6 is 0 Å². The Bertz CT molecular complexity index is 2660. The monoisotopic (exact) mass is 741 g/mol. The molecular weight excluding hydrogens is 699 g/mol. The first kappa shape index (κ1) is 35.7. The maximum atomic E-state index is 6.99. The van der Waals surface area contributed by atoms with Crippen molar-refractivity contribution in [2.45, 2.75) is 38.3 Å². The maximum Gasteiger partial charge on any atom is 0.177 e. The summed E-state index contributed by atoms with van der Waals surface area (Å²) in [6.07, 6.45) is 9.43. The van der Waals surface area contributed by atoms with Crippen molar-refractivity contribution in [1.82, 2.24) is 5.32 Å². The van der Waals surface area contributed by atoms with E-state index in [1.807, 2.05) is 36.4 Å². The molecule has 1 N–H and O–H groups in total. The Labute approximate surface area is 334 Å². The minimum Gasteiger partial charge on any atom is -0.449 e. The third kappa shape index (κ3) is 6.51. The Balaban J connectivity index is 0.00000101. The molecule has 1 atom stereocenters. The molecule has 0 aromatic heterocycles. The quantitative estimate of drug-likeness (QED) is 0.173. The molecular formula is C52H43N3O2. The van der Waals surface area contributed by atoms with Gasteiger partial charge in [0, 0.05) is 27.7 Å². The molecule has 2 aliphatic heterocycles. The molecule has 1 unspecified atom stereocenters. The van der Waals surface area contributed by atoms with Gasteiger partial charge in [-0.25, -0.2) is 9.98 Å². The van der Waals surface area contributed by atoms with E-state index in [0.717, 1.165) is 80.7 Å². The van der Waals surface area contributed by atoms with Crippen molar-refractivity contribution in [2.24, 2.45) is 9.98 Å². The number of para-hydroxylation sites is 1. The van der Waals surface area contributed by atoms with Gasteiger partial charge in [0.15, 0.2) is 29.2 Å². The zero-order valence-electron chi connectivity index (χ0n) is 32.2. The van der Waals surface area contributed by atoms with Crippen LogP contribution in [0.1, 0.15) is 60.7 Å². The third-order valence-corrected chi connectivity index (χ3v) is 11.1. The van der Waals surface area contributed by atoms with Crippen LogP contribution in [0.3, 0.4) is 0 Å². The van der Waals surface area contributed by atoms with E-state index in [1.54, 1.807) is 12.2 Å². The van der Waals surface area contributed by atoms with Crippen LogP contribution in [0, 0.1) is 0 Å². The van der Waals surface area contributed by atoms with Crippen molar-refractivity contribution in [3.05, 3.63) is 210 Å². The highest BCUT2D eigenvalue weighted by atomic mass is 16.6. The van der Waals surface area contributed by atoms with Gasteiger partial charge in [0.1, 0.15) is 11.7 Å². The van der Waals surface area contributed by atoms with E-state index in [4.69, 9.17) is 19.5 Å². The van der Waals surface area contributed by atoms with Gasteiger partial charge in [-0.1, -0.05) is 173 Å². The van der Waals surface area contributed by atoms with E-state index in [-0.39, 0.29) is 5.41 Å². The van der Waals surface area contributed by atoms with Gasteiger partial charge in [0.05, 0.1) is 0 Å². The molecule has 278 valence electrons. The van der Waals surface area contributed by atoms with Crippen molar-refractivity contribution in [1.29, 1.82) is 0 Å². The summed E-state index contributed by atoms with van der Waals surface area (Å²) in [6.45, 7) is 11.3. The predicted molar refractivity (Wildman–Crippen MR) is 234 cm³/mol. The molecule has 2 heterocycles. The van der Waals surface area contributed by atoms with Crippen molar-refractivity contribution in [2.75, 3.05) is 0 Å². The fourth-order valence-corrected chi connectivity index (χ4v) is 8.27. The van der Waals surface area contributed by atoms with Crippen LogP contribution in [0.4, 0.5) is 0 Å². The summed E-state index contributed by atoms with van der Waals surface area (Å²) in [5, 5.41) is 3.59. The predicted octanol–water partition coefficient (Wildman–Crippen LogP) is 13.2. The van der Waals surface area contributed by atoms with Gasteiger partial charge in [-0.15, -0.1) is 0 Å². The highest BCUT2D eigenvalue weighted by Crippen LogP contribution is 2.59. The highest BCUT2D eigenvalue weighted by Gasteiger charge is 2.41. The van der Waals surface area contributed by atoms with E-state index in [0.29, 0.717) is 5.75 Å². The van der Waals surface area contributed by atoms with Crippen LogP contribution in [-0.2, 0) is 5.41 Å². The SMILES string of the molecule is C=CC=C.CC1(C)C2=C(CCC=C2)c2c1ccc1c2Oc2c(cccc2-c2cccc(C3N=C(c4ccccc4)NC(c4ccccc4-c4ccccc4)=N3)c2)O1. The lowest BCUT2D eigenvalue weighted by Gasteiger charge is -2.27. The summed E-state index contributed by atoms with van der Waals surface area (Å²) in [5.41, 5.74) is 12.4. The van der Waals surface area contributed by atoms with Crippen molar-refractivity contribution < 1.29 is 9.47 Å². The molecule has 0 spiro atoms. The van der Waals surface area contributed by atoms with E-state index in [9.17, 15) is 0 Å². The van der Waals surface area contributed by atoms with Crippen molar-refractivity contribution >= 4 is 17.2 Å². The molecule has 10 rings (SSSR count). The summed E-state index contributed by atoms with van der Waals surface area (Å²) >= 11 is 0. The fraction of sp³-hybridized carbons (Fsp3) is 0.115. The molecule has 5 heteroatoms. The number of benzene rings is 6. The average Bonchev–Trinajstić information content (AvgIpc) is 3.52. The van der Waals surface area contributed by atoms with Crippen molar-refractivity contribution in [3.63, 3.8) is 0 Å². The zero-order valence-corrected chi connectivity index (χ0v) is 32.2. The standard InChI is InChI=1S/C48H37N3O2.C4H6/c1-48(2)38-25-12-11-23-37(38)42-39(48)27-28-41-44(42)53-43-35(24-14-26-40(43)52-41)32-19-13-20-33(29-32)46-49-45(31-17-7-4-8-18-31)50-47(51-46)36-22-10-9-21-34(36)30-15-5-3-6-16-30;1-3-4-2/h3-10,12-22,24-29,46H,11,23H2,1-2H3,(H,49,50,51);3-4H,1-2H2. The van der Waals surface area contributed by atoms with Crippen molar-refractivity contribution in [3.8, 4) is 45.3 Å². The van der Waals surface area contributed by atoms with Crippen LogP contribution in [0.5, 0.6) is 23.0 Å². The number of hydrogen-bond donors (Lipinski definition) is 1. The number of nitrogens with one attached hydrogen (secondary N) is 1. The number of hydrogen-bond acceptors (Lipinski definition) is 5. The molecule has 0 fully saturated rings. The number of aliphatic imine (C=N–C) groups is 2. The molecule has 2 aliphatic carbocycles. The first-order valence-corrected chi connectivity index (χ1v) is 19.5. The number of nitrogens with zero attached hydrogens (tertiary/aromatic N) is 2. The summed E-state index contributed by atoms with van der Waals surface area (Å²) in [7, 11) is 0. The van der Waals surface area contributed by atoms with Crippen LogP contribution < -0.4 is 14.8 Å². The number of fused-ring (bicyclic) bond motifs is 5. The minimum absolute atomic E-state index is 0.0942. The Morgan fingerprint density at radius 3 is 2.05 bits per heavy atom. The Morgan fingerprint density at radius 2 is 1.28 bits per heavy atom. The van der Waals surface area contributed by atoms with Gasteiger partial charge in [-0.05, 0) is 70.0 Å². The molecule has 0 saturated carbocycles. The molecule has 6 aromatic rings. The van der Waals surface area contributed by atoms with Gasteiger partial charge in [-0.2, -0.15) is 0 Å². The first-order valence-electron chi connectivity index (χ1n) is 19.5. The lowest BCUT2D eigenvalue weighted by Crippen LogP contribution is -2.36. The van der Waals surface area contributed by atoms with Gasteiger partial charge in [-0.3, -0.25) is 0 Å². The summed E-state index contributed by atoms with van der Waals surface area (Å²) in [4.78, 5) is 10.5. The molecule has 0 radical (unpaired) electrons. The largest absolute Gasteiger partial charge is 0.449 e. The van der Waals surface area contributed by atoms with Gasteiger partial charge < -0.3 is 14.8 Å². The minimum atomic E-state index is -0.474. The Kier molecular flexibility index (Phi) is 9.35. The Morgan fingerprint density at radius 1 is 0.632 bits per heavy atom. The second kappa shape index (κ2) is 14.9. The van der Waals surface area contributed by atoms with Crippen LogP contribution in [-0.4, -0.2) is 11.7 Å². The fourth-order valence-electron chi connectivity index (χ4n) is 8.27. The summed E-state index contributed by atoms with van der Waals surface area (Å²) in [6, 6.07) is 48.0. The van der Waals surface area contributed by atoms with Crippen LogP contribution in [0.2, 0.25) is 0 Å². The number of amidine groups is 2. The Hall–Kier alpha value is -6.98. The molecule has 6 aromatic carbocycles. The van der Waals surface area contributed by atoms with Gasteiger partial charge >= 0.3 is 0 Å². The maximum absolute atomic E-state index is 6.99. The van der Waals surface area contributed by atoms with Crippen LogP contribution in [0.25, 0.3) is 27.8 Å². The summed E-state index contributed by atoms with van der Waals surface area (Å²) < 4.78 is 13.6. The van der Waals surface area contributed by atoms with E-state index >= 15 is 0 Å². The van der Waals surface area contributed by atoms with Gasteiger partial charge in [0.2, 0.25) is 0 Å². The van der Waals surface area contributed by atoms with E-state index < -0.39 is 6.17 Å². The summed E-state index contributed by atoms with van der Waals surface area (Å²) in [5.74, 6) is 4.57. The third-order valence-electron chi connectivity index (χ3n) is 11.1. The van der Waals surface area contributed by atoms with E-state index in [1.165, 1.54) is 22.3 Å². The zero-order chi connectivity index (χ0) is 38.9. The van der Waals surface area contributed by atoms with E-state index in [2.05, 4.69) is 148 Å². The molecule has 0 saturated heterocycles. The number of rotatable bonds is 6. The molecule has 57 heavy (non-hydrogen) atoms. The normalized spacial score (nSPS) is 16.7. The molecule has 4 aliphatic rings. The second-order valence-corrected chi connectivity index (χ2v) is 14.9. The molecule has 0 bridgehead atoms. The lowest BCUT2D eigenvalue weighted by atomic mass is 9.80. The van der Waals surface area contributed by atoms with Gasteiger partial charge in [0.25, 0.3) is 0 Å². The lowest BCUT2D eigenvalue weighted by molar-refractivity contribution is 0.359. The second-order valence-electron chi connectivity index (χ2n) is 14.9. The van der Waals surface area contributed by atoms with Crippen LogP contribution in [0.15, 0.2) is 193 Å². The number of allylic oxidation sites excluding steroid dienone is 6.